The van der Waals surface area contributed by atoms with Crippen molar-refractivity contribution in [3.05, 3.63) is 33.1 Å². The quantitative estimate of drug-likeness (QED) is 0.632. The van der Waals surface area contributed by atoms with Gasteiger partial charge in [-0.1, -0.05) is 20.8 Å². The summed E-state index contributed by atoms with van der Waals surface area (Å²) >= 11 is 0. The van der Waals surface area contributed by atoms with Gasteiger partial charge in [-0.2, -0.15) is 0 Å². The molecule has 1 saturated heterocycles. The maximum Gasteiger partial charge on any atom is 0.330 e. The predicted octanol–water partition coefficient (Wildman–Crippen LogP) is 0.517. The van der Waals surface area contributed by atoms with Crippen LogP contribution in [0.4, 0.5) is 4.39 Å². The van der Waals surface area contributed by atoms with Gasteiger partial charge in [-0.25, -0.2) is 9.18 Å². The zero-order chi connectivity index (χ0) is 19.9. The molecule has 0 radical (unpaired) electrons. The molecule has 3 N–H and O–H groups in total. The van der Waals surface area contributed by atoms with Gasteiger partial charge in [0.05, 0.1) is 13.2 Å². The lowest BCUT2D eigenvalue weighted by atomic mass is 9.98. The number of aromatic nitrogens is 2. The number of aliphatic hydroxyl groups excluding tert-OH is 2. The second-order valence-corrected chi connectivity index (χ2v) is 12.9. The number of alkyl halides is 1. The molecule has 1 aromatic heterocycles. The van der Waals surface area contributed by atoms with Crippen LogP contribution in [0.3, 0.4) is 0 Å². The van der Waals surface area contributed by atoms with E-state index in [-0.39, 0.29) is 5.04 Å². The van der Waals surface area contributed by atoms with E-state index in [0.717, 1.165) is 16.8 Å². The van der Waals surface area contributed by atoms with Crippen molar-refractivity contribution in [1.29, 1.82) is 0 Å². The number of H-pyrrole nitrogens is 1. The first kappa shape index (κ1) is 21.0. The molecule has 10 heteroatoms. The third-order valence-corrected chi connectivity index (χ3v) is 9.78. The van der Waals surface area contributed by atoms with Crippen LogP contribution in [0.1, 0.15) is 27.0 Å². The molecule has 0 saturated carbocycles. The summed E-state index contributed by atoms with van der Waals surface area (Å²) in [6, 6.07) is 1.07. The fourth-order valence-corrected chi connectivity index (χ4v) is 3.95. The van der Waals surface area contributed by atoms with Crippen molar-refractivity contribution in [2.24, 2.45) is 0 Å². The topological polar surface area (TPSA) is 114 Å². The summed E-state index contributed by atoms with van der Waals surface area (Å²) in [7, 11) is -2.47. The van der Waals surface area contributed by atoms with E-state index >= 15 is 4.39 Å². The Kier molecular flexibility index (Phi) is 5.65. The van der Waals surface area contributed by atoms with Crippen molar-refractivity contribution in [3.8, 4) is 0 Å². The molecule has 0 spiro atoms. The Bertz CT molecular complexity index is 752. The van der Waals surface area contributed by atoms with Gasteiger partial charge in [-0.3, -0.25) is 14.3 Å². The number of nitrogens with one attached hydrogen (secondary N) is 1. The highest BCUT2D eigenvalue weighted by Gasteiger charge is 2.59. The third kappa shape index (κ3) is 3.56. The number of aliphatic hydroxyl groups is 2. The fourth-order valence-electron chi connectivity index (χ4n) is 2.62. The zero-order valence-corrected chi connectivity index (χ0v) is 16.7. The van der Waals surface area contributed by atoms with Crippen LogP contribution in [0.5, 0.6) is 0 Å². The maximum atomic E-state index is 15.3. The predicted molar refractivity (Wildman–Crippen MR) is 95.3 cm³/mol. The largest absolute Gasteiger partial charge is 0.408 e. The van der Waals surface area contributed by atoms with Crippen LogP contribution in [-0.4, -0.2) is 59.2 Å². The third-order valence-electron chi connectivity index (χ3n) is 5.32. The van der Waals surface area contributed by atoms with Gasteiger partial charge in [0.15, 0.2) is 20.7 Å². The van der Waals surface area contributed by atoms with Crippen LogP contribution in [0.2, 0.25) is 18.1 Å². The number of rotatable bonds is 5. The van der Waals surface area contributed by atoms with Gasteiger partial charge in [0.1, 0.15) is 11.7 Å². The number of halogens is 1. The van der Waals surface area contributed by atoms with Gasteiger partial charge in [0.25, 0.3) is 5.56 Å². The van der Waals surface area contributed by atoms with Crippen molar-refractivity contribution in [2.75, 3.05) is 13.2 Å². The minimum absolute atomic E-state index is 0.240. The molecule has 0 amide bonds. The molecule has 3 atom stereocenters. The van der Waals surface area contributed by atoms with Crippen molar-refractivity contribution >= 4 is 8.32 Å². The first-order valence-corrected chi connectivity index (χ1v) is 11.3. The van der Waals surface area contributed by atoms with E-state index in [9.17, 15) is 19.8 Å². The normalized spacial score (nSPS) is 26.2. The number of hydrogen-bond donors (Lipinski definition) is 3. The Morgan fingerprint density at radius 1 is 1.35 bits per heavy atom. The molecule has 148 valence electrons. The molecule has 26 heavy (non-hydrogen) atoms. The molecule has 1 aliphatic rings. The molecule has 0 aromatic carbocycles. The standard InChI is InChI=1S/C16H27FN2O6Si/c1-15(2,3)26(4,5)25-12-11(17)13(24-16(12,8-20)9-21)19-7-6-10(22)18-14(19)23/h6-7,11-13,20-21H,8-9H2,1-5H3,(H,18,22,23)/t11-,12?,13+/m0/s1. The summed E-state index contributed by atoms with van der Waals surface area (Å²) in [4.78, 5) is 25.3. The number of aromatic amines is 1. The second kappa shape index (κ2) is 7.00. The zero-order valence-electron chi connectivity index (χ0n) is 15.7. The Labute approximate surface area is 151 Å². The number of nitrogens with zero attached hydrogens (tertiary/aromatic N) is 1. The monoisotopic (exact) mass is 390 g/mol. The molecule has 1 fully saturated rings. The lowest BCUT2D eigenvalue weighted by molar-refractivity contribution is -0.148. The fraction of sp³-hybridized carbons (Fsp3) is 0.750. The van der Waals surface area contributed by atoms with Crippen LogP contribution in [-0.2, 0) is 9.16 Å². The van der Waals surface area contributed by atoms with Crippen LogP contribution in [0.25, 0.3) is 0 Å². The molecule has 0 aliphatic carbocycles. The molecule has 1 aliphatic heterocycles. The van der Waals surface area contributed by atoms with E-state index in [1.165, 1.54) is 0 Å². The summed E-state index contributed by atoms with van der Waals surface area (Å²) in [6.45, 7) is 8.40. The maximum absolute atomic E-state index is 15.3. The van der Waals surface area contributed by atoms with E-state index in [0.29, 0.717) is 0 Å². The van der Waals surface area contributed by atoms with E-state index in [2.05, 4.69) is 0 Å². The first-order chi connectivity index (χ1) is 11.9. The molecule has 2 rings (SSSR count). The molecule has 2 heterocycles. The Balaban J connectivity index is 2.46. The average Bonchev–Trinajstić information content (AvgIpc) is 2.80. The molecule has 8 nitrogen and oxygen atoms in total. The molecule has 1 aromatic rings. The van der Waals surface area contributed by atoms with Crippen LogP contribution in [0, 0.1) is 0 Å². The Morgan fingerprint density at radius 2 is 1.92 bits per heavy atom. The molecular formula is C16H27FN2O6Si. The molecule has 0 bridgehead atoms. The lowest BCUT2D eigenvalue weighted by Gasteiger charge is -2.42. The SMILES string of the molecule is CC(C)(C)[Si](C)(C)OC1[C@H](F)[C@H](n2ccc(=O)[nH]c2=O)OC1(CO)CO. The minimum Gasteiger partial charge on any atom is -0.408 e. The van der Waals surface area contributed by atoms with Crippen molar-refractivity contribution in [2.45, 2.75) is 63.0 Å². The van der Waals surface area contributed by atoms with Crippen molar-refractivity contribution < 1.29 is 23.8 Å². The Morgan fingerprint density at radius 3 is 2.38 bits per heavy atom. The van der Waals surface area contributed by atoms with E-state index in [1.807, 2.05) is 38.8 Å². The molecule has 1 unspecified atom stereocenters. The van der Waals surface area contributed by atoms with Gasteiger partial charge in [-0.05, 0) is 18.1 Å². The summed E-state index contributed by atoms with van der Waals surface area (Å²) in [6.07, 6.45) is -3.41. The van der Waals surface area contributed by atoms with E-state index in [4.69, 9.17) is 9.16 Å². The van der Waals surface area contributed by atoms with Crippen LogP contribution >= 0.6 is 0 Å². The van der Waals surface area contributed by atoms with Crippen LogP contribution in [0.15, 0.2) is 21.9 Å². The van der Waals surface area contributed by atoms with Gasteiger partial charge >= 0.3 is 5.69 Å². The van der Waals surface area contributed by atoms with Gasteiger partial charge < -0.3 is 19.4 Å². The summed E-state index contributed by atoms with van der Waals surface area (Å²) < 4.78 is 27.9. The van der Waals surface area contributed by atoms with Gasteiger partial charge in [0.2, 0.25) is 0 Å². The summed E-state index contributed by atoms with van der Waals surface area (Å²) in [5, 5.41) is 19.4. The van der Waals surface area contributed by atoms with Crippen molar-refractivity contribution in [3.63, 3.8) is 0 Å². The lowest BCUT2D eigenvalue weighted by Crippen LogP contribution is -2.56. The first-order valence-electron chi connectivity index (χ1n) is 8.41. The van der Waals surface area contributed by atoms with Gasteiger partial charge in [0, 0.05) is 12.3 Å². The molecular weight excluding hydrogens is 363 g/mol. The summed E-state index contributed by atoms with van der Waals surface area (Å²) in [5.41, 5.74) is -3.16. The van der Waals surface area contributed by atoms with E-state index < -0.39 is 56.9 Å². The average molecular weight is 390 g/mol. The number of hydrogen-bond acceptors (Lipinski definition) is 6. The highest BCUT2D eigenvalue weighted by atomic mass is 28.4. The highest BCUT2D eigenvalue weighted by Crippen LogP contribution is 2.45. The van der Waals surface area contributed by atoms with Gasteiger partial charge in [-0.15, -0.1) is 0 Å². The number of ether oxygens (including phenoxy) is 1. The Hall–Kier alpha value is -1.33. The minimum atomic E-state index is -2.47. The summed E-state index contributed by atoms with van der Waals surface area (Å²) in [5.74, 6) is 0. The van der Waals surface area contributed by atoms with Crippen molar-refractivity contribution in [1.82, 2.24) is 9.55 Å². The second-order valence-electron chi connectivity index (χ2n) is 8.15. The highest BCUT2D eigenvalue weighted by molar-refractivity contribution is 6.74. The smallest absolute Gasteiger partial charge is 0.330 e. The van der Waals surface area contributed by atoms with E-state index in [1.54, 1.807) is 0 Å². The van der Waals surface area contributed by atoms with Crippen LogP contribution < -0.4 is 11.2 Å².